The third kappa shape index (κ3) is 10.0. The molecule has 0 saturated carbocycles. The minimum absolute atomic E-state index is 0.0556. The lowest BCUT2D eigenvalue weighted by Crippen LogP contribution is -2.55. The number of carbonyl (C=O) groups excluding carboxylic acids is 2. The number of ether oxygens (including phenoxy) is 2. The van der Waals surface area contributed by atoms with E-state index < -0.39 is 37.0 Å². The van der Waals surface area contributed by atoms with Crippen LogP contribution in [0.2, 0.25) is 0 Å². The summed E-state index contributed by atoms with van der Waals surface area (Å²) in [6, 6.07) is 13.9. The molecule has 0 radical (unpaired) electrons. The number of nitrogens with one attached hydrogen (secondary N) is 2. The fourth-order valence-corrected chi connectivity index (χ4v) is 4.88. The van der Waals surface area contributed by atoms with Crippen molar-refractivity contribution < 1.29 is 34.2 Å². The topological polar surface area (TPSA) is 163 Å². The Labute approximate surface area is 258 Å². The van der Waals surface area contributed by atoms with Gasteiger partial charge in [0.1, 0.15) is 23.2 Å². The highest BCUT2D eigenvalue weighted by Gasteiger charge is 2.30. The van der Waals surface area contributed by atoms with Gasteiger partial charge in [-0.3, -0.25) is 14.6 Å². The Balaban J connectivity index is 1.57. The zero-order valence-electron chi connectivity index (χ0n) is 25.2. The number of aliphatic hydroxyl groups excluding tert-OH is 1. The predicted octanol–water partition coefficient (Wildman–Crippen LogP) is 2.58. The van der Waals surface area contributed by atoms with Gasteiger partial charge in [0.2, 0.25) is 5.91 Å². The van der Waals surface area contributed by atoms with E-state index in [1.54, 1.807) is 12.1 Å². The van der Waals surface area contributed by atoms with E-state index in [1.807, 2.05) is 50.2 Å². The summed E-state index contributed by atoms with van der Waals surface area (Å²) in [5.74, 6) is -0.603. The van der Waals surface area contributed by atoms with E-state index in [9.17, 15) is 24.7 Å². The monoisotopic (exact) mass is 604 g/mol. The molecule has 4 aliphatic heterocycles. The van der Waals surface area contributed by atoms with Crippen LogP contribution >= 0.6 is 0 Å². The minimum Gasteiger partial charge on any atom is -0.494 e. The van der Waals surface area contributed by atoms with Crippen molar-refractivity contribution in [2.45, 2.75) is 70.5 Å². The van der Waals surface area contributed by atoms with Gasteiger partial charge in [-0.25, -0.2) is 4.98 Å². The summed E-state index contributed by atoms with van der Waals surface area (Å²) in [4.78, 5) is 35.2. The van der Waals surface area contributed by atoms with Gasteiger partial charge in [-0.15, -0.1) is 0 Å². The molecule has 2 amide bonds. The van der Waals surface area contributed by atoms with Crippen LogP contribution in [0.4, 0.5) is 0 Å². The molecule has 3 aromatic rings. The Kier molecular flexibility index (Phi) is 12.1. The molecule has 5 heterocycles. The molecule has 6 bridgehead atoms. The quantitative estimate of drug-likeness (QED) is 0.276. The van der Waals surface area contributed by atoms with E-state index in [0.717, 1.165) is 29.7 Å². The molecule has 0 saturated heterocycles. The Morgan fingerprint density at radius 2 is 1.61 bits per heavy atom. The number of benzene rings is 2. The Bertz CT molecular complexity index is 1360. The molecule has 0 fully saturated rings. The molecule has 234 valence electrons. The van der Waals surface area contributed by atoms with Crippen molar-refractivity contribution in [3.05, 3.63) is 83.4 Å². The maximum Gasteiger partial charge on any atom is 0.475 e. The van der Waals surface area contributed by atoms with Crippen LogP contribution in [0.3, 0.4) is 0 Å². The normalized spacial score (nSPS) is 18.8. The summed E-state index contributed by atoms with van der Waals surface area (Å²) in [5, 5.41) is 36.0. The van der Waals surface area contributed by atoms with Crippen LogP contribution in [0.1, 0.15) is 72.9 Å². The molecule has 3 unspecified atom stereocenters. The number of aryl methyl sites for hydroxylation is 1. The zero-order chi connectivity index (χ0) is 31.5. The summed E-state index contributed by atoms with van der Waals surface area (Å²) in [6.07, 6.45) is 4.75. The number of hydrogen-bond acceptors (Lipinski definition) is 9. The SMILES string of the molecule is CC(C)CC(NC(=O)C1Cc2ccc(cc2)OCCCCOc2ccc(cc2)CCC(O)c2cncc(n2)C(=O)N1)B(O)O. The lowest BCUT2D eigenvalue weighted by atomic mass is 9.75. The van der Waals surface area contributed by atoms with Crippen molar-refractivity contribution in [1.29, 1.82) is 0 Å². The zero-order valence-corrected chi connectivity index (χ0v) is 25.2. The molecule has 4 aliphatic rings. The van der Waals surface area contributed by atoms with E-state index in [1.165, 1.54) is 12.4 Å². The summed E-state index contributed by atoms with van der Waals surface area (Å²) in [7, 11) is -1.77. The number of amides is 2. The Morgan fingerprint density at radius 1 is 1.00 bits per heavy atom. The van der Waals surface area contributed by atoms with Crippen molar-refractivity contribution in [1.82, 2.24) is 20.6 Å². The summed E-state index contributed by atoms with van der Waals surface area (Å²) in [6.45, 7) is 4.90. The molecule has 5 N–H and O–H groups in total. The predicted molar refractivity (Wildman–Crippen MR) is 165 cm³/mol. The second-order valence-electron chi connectivity index (χ2n) is 11.5. The Hall–Kier alpha value is -4.00. The minimum atomic E-state index is -1.77. The number of aliphatic hydroxyl groups is 1. The first kappa shape index (κ1) is 32.9. The van der Waals surface area contributed by atoms with Crippen molar-refractivity contribution in [3.8, 4) is 11.5 Å². The number of carbonyl (C=O) groups is 2. The fourth-order valence-electron chi connectivity index (χ4n) is 4.88. The largest absolute Gasteiger partial charge is 0.494 e. The number of rotatable bonds is 5. The van der Waals surface area contributed by atoms with Gasteiger partial charge in [0.05, 0.1) is 43.3 Å². The molecule has 0 aliphatic carbocycles. The highest BCUT2D eigenvalue weighted by atomic mass is 16.5. The van der Waals surface area contributed by atoms with Gasteiger partial charge < -0.3 is 35.3 Å². The molecule has 7 rings (SSSR count). The summed E-state index contributed by atoms with van der Waals surface area (Å²) >= 11 is 0. The standard InChI is InChI=1S/C32H41BN4O7/c1-21(2)17-30(33(41)42)37-31(39)26-18-23-7-12-25(13-8-23)44-16-4-3-15-43-24-10-5-22(6-11-24)9-14-29(38)27-19-34-20-28(35-27)32(40)36-26/h5-8,10-13,19-21,26,29-30,38,41-42H,3-4,9,14-18H2,1-2H3,(H,36,40)(H,37,39). The fraction of sp³-hybridized carbons (Fsp3) is 0.438. The van der Waals surface area contributed by atoms with Crippen molar-refractivity contribution in [2.75, 3.05) is 13.2 Å². The maximum atomic E-state index is 13.4. The maximum absolute atomic E-state index is 13.4. The van der Waals surface area contributed by atoms with E-state index in [-0.39, 0.29) is 23.7 Å². The molecule has 3 atom stereocenters. The van der Waals surface area contributed by atoms with Crippen molar-refractivity contribution in [3.63, 3.8) is 0 Å². The van der Waals surface area contributed by atoms with Gasteiger partial charge in [0.15, 0.2) is 0 Å². The average Bonchev–Trinajstić information content (AvgIpc) is 3.01. The summed E-state index contributed by atoms with van der Waals surface area (Å²) in [5.41, 5.74) is 1.96. The molecule has 11 nitrogen and oxygen atoms in total. The van der Waals surface area contributed by atoms with Gasteiger partial charge >= 0.3 is 7.12 Å². The van der Waals surface area contributed by atoms with Gasteiger partial charge in [0.25, 0.3) is 5.91 Å². The lowest BCUT2D eigenvalue weighted by molar-refractivity contribution is -0.123. The van der Waals surface area contributed by atoms with Gasteiger partial charge in [-0.1, -0.05) is 38.1 Å². The molecule has 44 heavy (non-hydrogen) atoms. The van der Waals surface area contributed by atoms with Gasteiger partial charge in [0, 0.05) is 6.42 Å². The summed E-state index contributed by atoms with van der Waals surface area (Å²) < 4.78 is 11.7. The van der Waals surface area contributed by atoms with E-state index in [0.29, 0.717) is 38.2 Å². The molecule has 12 heteroatoms. The molecular formula is C32H41BN4O7. The first-order valence-corrected chi connectivity index (χ1v) is 15.1. The van der Waals surface area contributed by atoms with Gasteiger partial charge in [-0.05, 0) is 73.4 Å². The van der Waals surface area contributed by atoms with Crippen molar-refractivity contribution >= 4 is 18.9 Å². The lowest BCUT2D eigenvalue weighted by Gasteiger charge is -2.24. The van der Waals surface area contributed by atoms with E-state index in [2.05, 4.69) is 20.6 Å². The first-order chi connectivity index (χ1) is 21.2. The van der Waals surface area contributed by atoms with Crippen LogP contribution in [0, 0.1) is 5.92 Å². The number of nitrogens with zero attached hydrogens (tertiary/aromatic N) is 2. The molecule has 0 spiro atoms. The smallest absolute Gasteiger partial charge is 0.475 e. The van der Waals surface area contributed by atoms with E-state index in [4.69, 9.17) is 9.47 Å². The van der Waals surface area contributed by atoms with Crippen molar-refractivity contribution in [2.24, 2.45) is 5.92 Å². The highest BCUT2D eigenvalue weighted by Crippen LogP contribution is 2.20. The van der Waals surface area contributed by atoms with Crippen LogP contribution in [0.15, 0.2) is 60.9 Å². The average molecular weight is 605 g/mol. The third-order valence-electron chi connectivity index (χ3n) is 7.33. The first-order valence-electron chi connectivity index (χ1n) is 15.1. The molecule has 2 aromatic carbocycles. The number of hydrogen-bond donors (Lipinski definition) is 5. The van der Waals surface area contributed by atoms with Crippen LogP contribution < -0.4 is 20.1 Å². The molecular weight excluding hydrogens is 563 g/mol. The second-order valence-corrected chi connectivity index (χ2v) is 11.5. The highest BCUT2D eigenvalue weighted by molar-refractivity contribution is 6.43. The van der Waals surface area contributed by atoms with Crippen LogP contribution in [-0.4, -0.2) is 69.3 Å². The van der Waals surface area contributed by atoms with Gasteiger partial charge in [-0.2, -0.15) is 0 Å². The second kappa shape index (κ2) is 16.2. The van der Waals surface area contributed by atoms with Crippen LogP contribution in [-0.2, 0) is 17.6 Å². The van der Waals surface area contributed by atoms with Crippen LogP contribution in [0.5, 0.6) is 11.5 Å². The number of aromatic nitrogens is 2. The Morgan fingerprint density at radius 3 is 2.20 bits per heavy atom. The van der Waals surface area contributed by atoms with Crippen LogP contribution in [0.25, 0.3) is 0 Å². The van der Waals surface area contributed by atoms with E-state index >= 15 is 0 Å². The molecule has 1 aromatic heterocycles. The third-order valence-corrected chi connectivity index (χ3v) is 7.33.